The van der Waals surface area contributed by atoms with Crippen LogP contribution in [-0.4, -0.2) is 21.4 Å². The largest absolute Gasteiger partial charge is 0.400 e. The van der Waals surface area contributed by atoms with Crippen LogP contribution in [0.2, 0.25) is 0 Å². The molecule has 0 radical (unpaired) electrons. The van der Waals surface area contributed by atoms with Crippen LogP contribution < -0.4 is 5.73 Å². The van der Waals surface area contributed by atoms with Crippen molar-refractivity contribution in [3.05, 3.63) is 12.4 Å². The SMILES string of the molecule is C[C@H](Sc1nccnc1N)C(F)(F)F. The molecule has 0 unspecified atom stereocenters. The molecule has 2 N–H and O–H groups in total. The van der Waals surface area contributed by atoms with E-state index in [-0.39, 0.29) is 10.8 Å². The third kappa shape index (κ3) is 2.76. The maximum atomic E-state index is 12.2. The number of rotatable bonds is 2. The van der Waals surface area contributed by atoms with E-state index >= 15 is 0 Å². The Morgan fingerprint density at radius 3 is 2.43 bits per heavy atom. The van der Waals surface area contributed by atoms with Crippen molar-refractivity contribution in [1.82, 2.24) is 9.97 Å². The standard InChI is InChI=1S/C7H8F3N3S/c1-4(7(8,9)10)14-6-5(11)12-2-3-13-6/h2-4H,1H3,(H2,11,12)/t4-/m0/s1. The van der Waals surface area contributed by atoms with Gasteiger partial charge in [0.15, 0.2) is 5.82 Å². The summed E-state index contributed by atoms with van der Waals surface area (Å²) in [5.74, 6) is 0.0219. The average Bonchev–Trinajstić information content (AvgIpc) is 2.07. The number of nitrogens with zero attached hydrogens (tertiary/aromatic N) is 2. The van der Waals surface area contributed by atoms with Crippen molar-refractivity contribution >= 4 is 17.6 Å². The fraction of sp³-hybridized carbons (Fsp3) is 0.429. The van der Waals surface area contributed by atoms with Crippen LogP contribution in [0.3, 0.4) is 0 Å². The zero-order chi connectivity index (χ0) is 10.8. The lowest BCUT2D eigenvalue weighted by Crippen LogP contribution is -2.22. The fourth-order valence-corrected chi connectivity index (χ4v) is 1.42. The number of nitrogen functional groups attached to an aromatic ring is 1. The van der Waals surface area contributed by atoms with Crippen molar-refractivity contribution in [2.45, 2.75) is 23.4 Å². The molecule has 0 aromatic carbocycles. The van der Waals surface area contributed by atoms with Gasteiger partial charge in [-0.15, -0.1) is 0 Å². The first-order valence-electron chi connectivity index (χ1n) is 3.71. The van der Waals surface area contributed by atoms with E-state index in [4.69, 9.17) is 5.73 Å². The topological polar surface area (TPSA) is 51.8 Å². The number of nitrogens with two attached hydrogens (primary N) is 1. The summed E-state index contributed by atoms with van der Waals surface area (Å²) in [6.07, 6.45) is -1.62. The van der Waals surface area contributed by atoms with Crippen LogP contribution in [0.4, 0.5) is 19.0 Å². The van der Waals surface area contributed by atoms with Gasteiger partial charge in [0.2, 0.25) is 0 Å². The second kappa shape index (κ2) is 4.04. The molecular weight excluding hydrogens is 215 g/mol. The Labute approximate surface area is 82.9 Å². The molecule has 1 atom stereocenters. The van der Waals surface area contributed by atoms with Gasteiger partial charge in [-0.3, -0.25) is 0 Å². The monoisotopic (exact) mass is 223 g/mol. The summed E-state index contributed by atoms with van der Waals surface area (Å²) in [6.45, 7) is 1.05. The van der Waals surface area contributed by atoms with Crippen molar-refractivity contribution in [3.63, 3.8) is 0 Å². The molecule has 0 fully saturated rings. The second-order valence-corrected chi connectivity index (χ2v) is 3.88. The normalized spacial score (nSPS) is 14.0. The predicted molar refractivity (Wildman–Crippen MR) is 47.8 cm³/mol. The van der Waals surface area contributed by atoms with E-state index < -0.39 is 11.4 Å². The Bertz CT molecular complexity index is 315. The van der Waals surface area contributed by atoms with Crippen LogP contribution in [0, 0.1) is 0 Å². The Morgan fingerprint density at radius 2 is 1.93 bits per heavy atom. The molecule has 0 saturated heterocycles. The third-order valence-electron chi connectivity index (χ3n) is 1.44. The van der Waals surface area contributed by atoms with Gasteiger partial charge in [-0.05, 0) is 6.92 Å². The van der Waals surface area contributed by atoms with Gasteiger partial charge in [0, 0.05) is 12.4 Å². The van der Waals surface area contributed by atoms with Crippen LogP contribution in [0.5, 0.6) is 0 Å². The molecule has 0 amide bonds. The minimum Gasteiger partial charge on any atom is -0.381 e. The molecule has 1 aromatic heterocycles. The van der Waals surface area contributed by atoms with E-state index in [1.807, 2.05) is 0 Å². The number of aromatic nitrogens is 2. The number of anilines is 1. The highest BCUT2D eigenvalue weighted by Gasteiger charge is 2.37. The molecule has 1 aromatic rings. The molecule has 14 heavy (non-hydrogen) atoms. The Kier molecular flexibility index (Phi) is 3.20. The van der Waals surface area contributed by atoms with Crippen LogP contribution in [0.1, 0.15) is 6.92 Å². The van der Waals surface area contributed by atoms with Crippen LogP contribution in [0.15, 0.2) is 17.4 Å². The molecule has 0 spiro atoms. The van der Waals surface area contributed by atoms with Crippen molar-refractivity contribution in [3.8, 4) is 0 Å². The van der Waals surface area contributed by atoms with Gasteiger partial charge in [-0.25, -0.2) is 9.97 Å². The molecule has 7 heteroatoms. The van der Waals surface area contributed by atoms with Gasteiger partial charge in [-0.1, -0.05) is 11.8 Å². The summed E-state index contributed by atoms with van der Waals surface area (Å²) in [7, 11) is 0. The average molecular weight is 223 g/mol. The predicted octanol–water partition coefficient (Wildman–Crippen LogP) is 2.10. The first-order valence-corrected chi connectivity index (χ1v) is 4.59. The quantitative estimate of drug-likeness (QED) is 0.780. The molecule has 0 saturated carbocycles. The molecule has 3 nitrogen and oxygen atoms in total. The molecule has 1 heterocycles. The highest BCUT2D eigenvalue weighted by atomic mass is 32.2. The van der Waals surface area contributed by atoms with E-state index in [1.54, 1.807) is 0 Å². The fourth-order valence-electron chi connectivity index (χ4n) is 0.661. The van der Waals surface area contributed by atoms with E-state index in [2.05, 4.69) is 9.97 Å². The highest BCUT2D eigenvalue weighted by molar-refractivity contribution is 8.00. The molecule has 0 bridgehead atoms. The minimum atomic E-state index is -4.26. The first-order chi connectivity index (χ1) is 6.41. The van der Waals surface area contributed by atoms with E-state index in [0.717, 1.165) is 6.92 Å². The molecule has 0 aliphatic rings. The summed E-state index contributed by atoms with van der Waals surface area (Å²) in [5.41, 5.74) is 5.35. The van der Waals surface area contributed by atoms with Crippen LogP contribution >= 0.6 is 11.8 Å². The van der Waals surface area contributed by atoms with Gasteiger partial charge in [0.25, 0.3) is 0 Å². The Morgan fingerprint density at radius 1 is 1.36 bits per heavy atom. The van der Waals surface area contributed by atoms with Crippen molar-refractivity contribution in [2.75, 3.05) is 5.73 Å². The number of alkyl halides is 3. The zero-order valence-corrected chi connectivity index (χ0v) is 8.06. The van der Waals surface area contributed by atoms with E-state index in [9.17, 15) is 13.2 Å². The van der Waals surface area contributed by atoms with Gasteiger partial charge in [0.1, 0.15) is 10.3 Å². The third-order valence-corrected chi connectivity index (χ3v) is 2.60. The van der Waals surface area contributed by atoms with Gasteiger partial charge in [0.05, 0.1) is 0 Å². The van der Waals surface area contributed by atoms with Crippen LogP contribution in [-0.2, 0) is 0 Å². The van der Waals surface area contributed by atoms with Gasteiger partial charge >= 0.3 is 6.18 Å². The van der Waals surface area contributed by atoms with E-state index in [0.29, 0.717) is 11.8 Å². The number of thioether (sulfide) groups is 1. The zero-order valence-electron chi connectivity index (χ0n) is 7.25. The highest BCUT2D eigenvalue weighted by Crippen LogP contribution is 2.35. The molecule has 0 aliphatic carbocycles. The second-order valence-electron chi connectivity index (χ2n) is 2.55. The Balaban J connectivity index is 2.75. The lowest BCUT2D eigenvalue weighted by molar-refractivity contribution is -0.125. The van der Waals surface area contributed by atoms with Crippen molar-refractivity contribution in [1.29, 1.82) is 0 Å². The lowest BCUT2D eigenvalue weighted by Gasteiger charge is -2.14. The van der Waals surface area contributed by atoms with Crippen molar-refractivity contribution < 1.29 is 13.2 Å². The number of halogens is 3. The molecule has 78 valence electrons. The first kappa shape index (κ1) is 11.1. The number of hydrogen-bond acceptors (Lipinski definition) is 4. The van der Waals surface area contributed by atoms with Crippen molar-refractivity contribution in [2.24, 2.45) is 0 Å². The van der Waals surface area contributed by atoms with Crippen LogP contribution in [0.25, 0.3) is 0 Å². The summed E-state index contributed by atoms with van der Waals surface area (Å²) >= 11 is 0.554. The molecule has 0 aliphatic heterocycles. The summed E-state index contributed by atoms with van der Waals surface area (Å²) in [4.78, 5) is 7.35. The Hall–Kier alpha value is -0.980. The maximum Gasteiger partial charge on any atom is 0.400 e. The lowest BCUT2D eigenvalue weighted by atomic mass is 10.5. The van der Waals surface area contributed by atoms with Gasteiger partial charge < -0.3 is 5.73 Å². The smallest absolute Gasteiger partial charge is 0.381 e. The molecular formula is C7H8F3N3S. The van der Waals surface area contributed by atoms with E-state index in [1.165, 1.54) is 12.4 Å². The van der Waals surface area contributed by atoms with Gasteiger partial charge in [-0.2, -0.15) is 13.2 Å². The number of hydrogen-bond donors (Lipinski definition) is 1. The summed E-state index contributed by atoms with van der Waals surface area (Å²) in [5, 5.41) is -1.43. The molecule has 1 rings (SSSR count). The summed E-state index contributed by atoms with van der Waals surface area (Å²) < 4.78 is 36.5. The minimum absolute atomic E-state index is 0.0219. The maximum absolute atomic E-state index is 12.2. The summed E-state index contributed by atoms with van der Waals surface area (Å²) in [6, 6.07) is 0.